The van der Waals surface area contributed by atoms with Crippen LogP contribution in [0.25, 0.3) is 0 Å². The Bertz CT molecular complexity index is 984. The molecule has 0 aliphatic heterocycles. The lowest BCUT2D eigenvalue weighted by Gasteiger charge is -2.18. The molecule has 3 rings (SSSR count). The zero-order valence-electron chi connectivity index (χ0n) is 16.3. The van der Waals surface area contributed by atoms with Crippen LogP contribution < -0.4 is 10.1 Å². The lowest BCUT2D eigenvalue weighted by Crippen LogP contribution is -2.27. The van der Waals surface area contributed by atoms with Crippen LogP contribution >= 0.6 is 11.6 Å². The van der Waals surface area contributed by atoms with Gasteiger partial charge in [0.1, 0.15) is 12.4 Å². The monoisotopic (exact) mass is 393 g/mol. The normalized spacial score (nSPS) is 11.7. The smallest absolute Gasteiger partial charge is 0.251 e. The molecule has 3 nitrogen and oxygen atoms in total. The molecule has 3 aromatic rings. The molecule has 1 amide bonds. The Kier molecular flexibility index (Phi) is 6.37. The van der Waals surface area contributed by atoms with Crippen LogP contribution in [0.1, 0.15) is 45.6 Å². The summed E-state index contributed by atoms with van der Waals surface area (Å²) in [7, 11) is 0. The SMILES string of the molecule is Cc1ccc(C)c([C@@H](C)NC(=O)c2cccc(OCc3ccccc3Cl)c2)c1. The summed E-state index contributed by atoms with van der Waals surface area (Å²) in [5, 5.41) is 3.74. The van der Waals surface area contributed by atoms with Crippen LogP contribution in [-0.4, -0.2) is 5.91 Å². The maximum Gasteiger partial charge on any atom is 0.251 e. The van der Waals surface area contributed by atoms with Crippen LogP contribution in [0.3, 0.4) is 0 Å². The molecule has 1 N–H and O–H groups in total. The Labute approximate surface area is 171 Å². The maximum atomic E-state index is 12.7. The van der Waals surface area contributed by atoms with Gasteiger partial charge < -0.3 is 10.1 Å². The molecule has 3 aromatic carbocycles. The van der Waals surface area contributed by atoms with Gasteiger partial charge in [0, 0.05) is 16.1 Å². The van der Waals surface area contributed by atoms with Crippen LogP contribution in [0.15, 0.2) is 66.7 Å². The van der Waals surface area contributed by atoms with E-state index in [1.54, 1.807) is 12.1 Å². The molecule has 144 valence electrons. The van der Waals surface area contributed by atoms with Gasteiger partial charge >= 0.3 is 0 Å². The quantitative estimate of drug-likeness (QED) is 0.555. The first-order chi connectivity index (χ1) is 13.4. The number of amides is 1. The summed E-state index contributed by atoms with van der Waals surface area (Å²) in [6, 6.07) is 20.9. The van der Waals surface area contributed by atoms with Crippen LogP contribution in [0.4, 0.5) is 0 Å². The Hall–Kier alpha value is -2.78. The predicted molar refractivity (Wildman–Crippen MR) is 114 cm³/mol. The van der Waals surface area contributed by atoms with Gasteiger partial charge in [0.05, 0.1) is 6.04 Å². The highest BCUT2D eigenvalue weighted by Crippen LogP contribution is 2.22. The fourth-order valence-corrected chi connectivity index (χ4v) is 3.28. The number of hydrogen-bond acceptors (Lipinski definition) is 2. The minimum absolute atomic E-state index is 0.0832. The number of carbonyl (C=O) groups is 1. The average molecular weight is 394 g/mol. The zero-order valence-corrected chi connectivity index (χ0v) is 17.1. The van der Waals surface area contributed by atoms with Crippen LogP contribution in [0, 0.1) is 13.8 Å². The van der Waals surface area contributed by atoms with Crippen LogP contribution in [0.2, 0.25) is 5.02 Å². The Morgan fingerprint density at radius 2 is 1.82 bits per heavy atom. The highest BCUT2D eigenvalue weighted by Gasteiger charge is 2.14. The third kappa shape index (κ3) is 4.93. The number of rotatable bonds is 6. The van der Waals surface area contributed by atoms with E-state index in [-0.39, 0.29) is 11.9 Å². The van der Waals surface area contributed by atoms with Crippen molar-refractivity contribution in [3.8, 4) is 5.75 Å². The second-order valence-corrected chi connectivity index (χ2v) is 7.37. The van der Waals surface area contributed by atoms with E-state index in [0.717, 1.165) is 16.7 Å². The number of nitrogens with one attached hydrogen (secondary N) is 1. The Balaban J connectivity index is 1.68. The van der Waals surface area contributed by atoms with Gasteiger partial charge in [-0.3, -0.25) is 4.79 Å². The van der Waals surface area contributed by atoms with Crippen molar-refractivity contribution < 1.29 is 9.53 Å². The molecule has 0 fully saturated rings. The minimum Gasteiger partial charge on any atom is -0.489 e. The molecule has 0 aromatic heterocycles. The van der Waals surface area contributed by atoms with Crippen molar-refractivity contribution in [3.63, 3.8) is 0 Å². The molecule has 0 aliphatic carbocycles. The van der Waals surface area contributed by atoms with E-state index in [0.29, 0.717) is 22.9 Å². The lowest BCUT2D eigenvalue weighted by molar-refractivity contribution is 0.0939. The highest BCUT2D eigenvalue weighted by molar-refractivity contribution is 6.31. The molecule has 0 radical (unpaired) electrons. The van der Waals surface area contributed by atoms with Crippen molar-refractivity contribution in [2.75, 3.05) is 0 Å². The standard InChI is InChI=1S/C24H24ClNO2/c1-16-11-12-17(2)22(13-16)18(3)26-24(27)19-8-6-9-21(14-19)28-15-20-7-4-5-10-23(20)25/h4-14,18H,15H2,1-3H3,(H,26,27)/t18-/m1/s1. The maximum absolute atomic E-state index is 12.7. The topological polar surface area (TPSA) is 38.3 Å². The van der Waals surface area contributed by atoms with Gasteiger partial charge in [-0.2, -0.15) is 0 Å². The van der Waals surface area contributed by atoms with E-state index in [9.17, 15) is 4.79 Å². The Morgan fingerprint density at radius 1 is 1.04 bits per heavy atom. The molecule has 28 heavy (non-hydrogen) atoms. The van der Waals surface area contributed by atoms with Gasteiger partial charge in [0.25, 0.3) is 5.91 Å². The summed E-state index contributed by atoms with van der Waals surface area (Å²) in [6.45, 7) is 6.46. The van der Waals surface area contributed by atoms with Gasteiger partial charge in [-0.05, 0) is 56.2 Å². The van der Waals surface area contributed by atoms with Gasteiger partial charge in [-0.1, -0.05) is 59.6 Å². The molecule has 1 atom stereocenters. The number of carbonyl (C=O) groups excluding carboxylic acids is 1. The fraction of sp³-hybridized carbons (Fsp3) is 0.208. The van der Waals surface area contributed by atoms with Crippen molar-refractivity contribution in [1.29, 1.82) is 0 Å². The summed E-state index contributed by atoms with van der Waals surface area (Å²) < 4.78 is 5.82. The van der Waals surface area contributed by atoms with Gasteiger partial charge in [0.2, 0.25) is 0 Å². The number of benzene rings is 3. The number of ether oxygens (including phenoxy) is 1. The van der Waals surface area contributed by atoms with Crippen molar-refractivity contribution in [2.45, 2.75) is 33.4 Å². The molecule has 0 saturated carbocycles. The molecule has 0 unspecified atom stereocenters. The number of hydrogen-bond donors (Lipinski definition) is 1. The van der Waals surface area contributed by atoms with E-state index in [2.05, 4.69) is 37.4 Å². The fourth-order valence-electron chi connectivity index (χ4n) is 3.09. The lowest BCUT2D eigenvalue weighted by atomic mass is 9.99. The molecular formula is C24H24ClNO2. The zero-order chi connectivity index (χ0) is 20.1. The van der Waals surface area contributed by atoms with Crippen LogP contribution in [-0.2, 0) is 6.61 Å². The minimum atomic E-state index is -0.128. The van der Waals surface area contributed by atoms with Gasteiger partial charge in [0.15, 0.2) is 0 Å². The summed E-state index contributed by atoms with van der Waals surface area (Å²) in [6.07, 6.45) is 0. The molecular weight excluding hydrogens is 370 g/mol. The second kappa shape index (κ2) is 8.94. The first-order valence-corrected chi connectivity index (χ1v) is 9.66. The van der Waals surface area contributed by atoms with E-state index in [1.807, 2.05) is 43.3 Å². The van der Waals surface area contributed by atoms with Crippen molar-refractivity contribution >= 4 is 17.5 Å². The van der Waals surface area contributed by atoms with E-state index in [4.69, 9.17) is 16.3 Å². The summed E-state index contributed by atoms with van der Waals surface area (Å²) >= 11 is 6.17. The first-order valence-electron chi connectivity index (χ1n) is 9.28. The number of halogens is 1. The molecule has 4 heteroatoms. The van der Waals surface area contributed by atoms with Crippen molar-refractivity contribution in [2.24, 2.45) is 0 Å². The largest absolute Gasteiger partial charge is 0.489 e. The molecule has 0 heterocycles. The molecule has 0 saturated heterocycles. The Morgan fingerprint density at radius 3 is 2.61 bits per heavy atom. The number of aryl methyl sites for hydroxylation is 2. The third-order valence-electron chi connectivity index (χ3n) is 4.70. The molecule has 0 spiro atoms. The van der Waals surface area contributed by atoms with Crippen molar-refractivity contribution in [1.82, 2.24) is 5.32 Å². The predicted octanol–water partition coefficient (Wildman–Crippen LogP) is 6.03. The van der Waals surface area contributed by atoms with Gasteiger partial charge in [-0.25, -0.2) is 0 Å². The molecule has 0 bridgehead atoms. The third-order valence-corrected chi connectivity index (χ3v) is 5.07. The second-order valence-electron chi connectivity index (χ2n) is 6.96. The summed E-state index contributed by atoms with van der Waals surface area (Å²) in [5.74, 6) is 0.503. The highest BCUT2D eigenvalue weighted by atomic mass is 35.5. The van der Waals surface area contributed by atoms with Gasteiger partial charge in [-0.15, -0.1) is 0 Å². The molecule has 0 aliphatic rings. The van der Waals surface area contributed by atoms with E-state index >= 15 is 0 Å². The van der Waals surface area contributed by atoms with Crippen molar-refractivity contribution in [3.05, 3.63) is 99.6 Å². The van der Waals surface area contributed by atoms with E-state index in [1.165, 1.54) is 5.56 Å². The van der Waals surface area contributed by atoms with E-state index < -0.39 is 0 Å². The summed E-state index contributed by atoms with van der Waals surface area (Å²) in [5.41, 5.74) is 4.93. The van der Waals surface area contributed by atoms with Crippen LogP contribution in [0.5, 0.6) is 5.75 Å². The summed E-state index contributed by atoms with van der Waals surface area (Å²) in [4.78, 5) is 12.7. The first kappa shape index (κ1) is 20.0. The average Bonchev–Trinajstić information content (AvgIpc) is 2.69.